The molecule has 0 spiro atoms. The van der Waals surface area contributed by atoms with Gasteiger partial charge in [0.2, 0.25) is 5.91 Å². The minimum absolute atomic E-state index is 0.0140. The number of carbonyl (C=O) groups is 2. The van der Waals surface area contributed by atoms with Crippen LogP contribution < -0.4 is 10.1 Å². The van der Waals surface area contributed by atoms with Gasteiger partial charge < -0.3 is 14.8 Å². The van der Waals surface area contributed by atoms with Gasteiger partial charge in [-0.3, -0.25) is 9.59 Å². The van der Waals surface area contributed by atoms with Crippen LogP contribution in [0.5, 0.6) is 5.75 Å². The Morgan fingerprint density at radius 3 is 2.73 bits per heavy atom. The zero-order valence-corrected chi connectivity index (χ0v) is 16.0. The maximum absolute atomic E-state index is 12.0. The van der Waals surface area contributed by atoms with E-state index in [0.29, 0.717) is 12.4 Å². The molecule has 1 aromatic heterocycles. The number of methoxy groups -OCH3 is 1. The van der Waals surface area contributed by atoms with Gasteiger partial charge in [0.05, 0.1) is 36.6 Å². The standard InChI is InChI=1S/C18H18N2O4S2/c1-3-24-17(22)8-13-18(11-4-6-12(23-2)7-5-11)20-16(26-13)9-15-19-14(21)10-25-15/h4-7,9H,3,8,10H2,1-2H3,(H,19,21)/b15-9+. The third-order valence-electron chi connectivity index (χ3n) is 3.56. The van der Waals surface area contributed by atoms with Crippen molar-refractivity contribution in [2.24, 2.45) is 0 Å². The van der Waals surface area contributed by atoms with Crippen LogP contribution in [0.15, 0.2) is 29.3 Å². The molecule has 1 saturated heterocycles. The highest BCUT2D eigenvalue weighted by Gasteiger charge is 2.19. The van der Waals surface area contributed by atoms with Gasteiger partial charge in [-0.25, -0.2) is 4.98 Å². The average Bonchev–Trinajstić information content (AvgIpc) is 3.21. The van der Waals surface area contributed by atoms with Gasteiger partial charge in [0.25, 0.3) is 0 Å². The van der Waals surface area contributed by atoms with Crippen LogP contribution in [0.25, 0.3) is 17.3 Å². The van der Waals surface area contributed by atoms with Gasteiger partial charge in [0.15, 0.2) is 0 Å². The number of carbonyl (C=O) groups excluding carboxylic acids is 2. The lowest BCUT2D eigenvalue weighted by molar-refractivity contribution is -0.142. The van der Waals surface area contributed by atoms with Crippen molar-refractivity contribution >= 4 is 41.1 Å². The van der Waals surface area contributed by atoms with Crippen molar-refractivity contribution in [1.29, 1.82) is 0 Å². The Morgan fingerprint density at radius 2 is 2.12 bits per heavy atom. The minimum Gasteiger partial charge on any atom is -0.497 e. The summed E-state index contributed by atoms with van der Waals surface area (Å²) in [6, 6.07) is 7.53. The molecule has 0 saturated carbocycles. The quantitative estimate of drug-likeness (QED) is 0.764. The number of hydrogen-bond acceptors (Lipinski definition) is 7. The monoisotopic (exact) mass is 390 g/mol. The number of nitrogens with one attached hydrogen (secondary N) is 1. The van der Waals surface area contributed by atoms with Crippen LogP contribution in [0.1, 0.15) is 16.8 Å². The fraction of sp³-hybridized carbons (Fsp3) is 0.278. The molecule has 136 valence electrons. The van der Waals surface area contributed by atoms with E-state index in [1.54, 1.807) is 14.0 Å². The van der Waals surface area contributed by atoms with E-state index in [1.807, 2.05) is 30.3 Å². The Bertz CT molecular complexity index is 843. The fourth-order valence-electron chi connectivity index (χ4n) is 2.41. The zero-order chi connectivity index (χ0) is 18.5. The van der Waals surface area contributed by atoms with E-state index in [2.05, 4.69) is 10.3 Å². The molecule has 2 heterocycles. The van der Waals surface area contributed by atoms with Gasteiger partial charge >= 0.3 is 5.97 Å². The molecule has 2 aromatic rings. The highest BCUT2D eigenvalue weighted by Crippen LogP contribution is 2.32. The summed E-state index contributed by atoms with van der Waals surface area (Å²) in [7, 11) is 1.61. The molecule has 1 aromatic carbocycles. The van der Waals surface area contributed by atoms with Gasteiger partial charge in [-0.05, 0) is 31.2 Å². The van der Waals surface area contributed by atoms with Gasteiger partial charge in [-0.15, -0.1) is 11.3 Å². The molecule has 6 nitrogen and oxygen atoms in total. The topological polar surface area (TPSA) is 77.5 Å². The predicted molar refractivity (Wildman–Crippen MR) is 103 cm³/mol. The number of thiazole rings is 1. The third kappa shape index (κ3) is 4.44. The molecule has 0 unspecified atom stereocenters. The number of aromatic nitrogens is 1. The van der Waals surface area contributed by atoms with Gasteiger partial charge in [-0.2, -0.15) is 0 Å². The molecule has 1 amide bonds. The summed E-state index contributed by atoms with van der Waals surface area (Å²) in [5.74, 6) is 0.870. The van der Waals surface area contributed by atoms with E-state index in [1.165, 1.54) is 23.1 Å². The Hall–Kier alpha value is -2.32. The summed E-state index contributed by atoms with van der Waals surface area (Å²) in [5, 5.41) is 4.30. The number of rotatable bonds is 6. The van der Waals surface area contributed by atoms with E-state index in [-0.39, 0.29) is 18.3 Å². The molecule has 0 atom stereocenters. The molecule has 0 aliphatic carbocycles. The molecule has 1 aliphatic rings. The Balaban J connectivity index is 1.93. The van der Waals surface area contributed by atoms with E-state index in [9.17, 15) is 9.59 Å². The van der Waals surface area contributed by atoms with Gasteiger partial charge in [0.1, 0.15) is 10.8 Å². The number of hydrogen-bond donors (Lipinski definition) is 1. The maximum Gasteiger partial charge on any atom is 0.311 e. The summed E-state index contributed by atoms with van der Waals surface area (Å²) in [6.07, 6.45) is 2.00. The molecule has 3 rings (SSSR count). The molecule has 0 radical (unpaired) electrons. The average molecular weight is 390 g/mol. The van der Waals surface area contributed by atoms with E-state index in [0.717, 1.165) is 31.9 Å². The highest BCUT2D eigenvalue weighted by atomic mass is 32.2. The SMILES string of the molecule is CCOC(=O)Cc1sc(/C=C2\NC(=O)CS2)nc1-c1ccc(OC)cc1. The van der Waals surface area contributed by atoms with Crippen LogP contribution in [0, 0.1) is 0 Å². The minimum atomic E-state index is -0.284. The summed E-state index contributed by atoms with van der Waals surface area (Å²) >= 11 is 2.86. The molecule has 1 N–H and O–H groups in total. The smallest absolute Gasteiger partial charge is 0.311 e. The first-order chi connectivity index (χ1) is 12.6. The first-order valence-electron chi connectivity index (χ1n) is 8.03. The van der Waals surface area contributed by atoms with Crippen molar-refractivity contribution in [2.45, 2.75) is 13.3 Å². The van der Waals surface area contributed by atoms with Crippen molar-refractivity contribution in [2.75, 3.05) is 19.5 Å². The van der Waals surface area contributed by atoms with E-state index >= 15 is 0 Å². The summed E-state index contributed by atoms with van der Waals surface area (Å²) in [6.45, 7) is 2.12. The Morgan fingerprint density at radius 1 is 1.35 bits per heavy atom. The summed E-state index contributed by atoms with van der Waals surface area (Å²) in [5.41, 5.74) is 1.64. The number of thioether (sulfide) groups is 1. The molecular weight excluding hydrogens is 372 g/mol. The number of benzene rings is 1. The third-order valence-corrected chi connectivity index (χ3v) is 5.50. The Kier molecular flexibility index (Phi) is 5.95. The summed E-state index contributed by atoms with van der Waals surface area (Å²) in [4.78, 5) is 28.8. The number of nitrogens with zero attached hydrogens (tertiary/aromatic N) is 1. The molecule has 1 aliphatic heterocycles. The molecule has 1 fully saturated rings. The van der Waals surface area contributed by atoms with Gasteiger partial charge in [0, 0.05) is 16.5 Å². The van der Waals surface area contributed by atoms with Crippen molar-refractivity contribution in [3.05, 3.63) is 39.2 Å². The Labute approximate surface area is 159 Å². The molecule has 0 bridgehead atoms. The molecule has 26 heavy (non-hydrogen) atoms. The van der Waals surface area contributed by atoms with Crippen LogP contribution in [-0.4, -0.2) is 36.3 Å². The largest absolute Gasteiger partial charge is 0.497 e. The van der Waals surface area contributed by atoms with Crippen LogP contribution in [-0.2, 0) is 20.7 Å². The lowest BCUT2D eigenvalue weighted by atomic mass is 10.1. The van der Waals surface area contributed by atoms with Crippen molar-refractivity contribution < 1.29 is 19.1 Å². The number of esters is 1. The second kappa shape index (κ2) is 8.37. The van der Waals surface area contributed by atoms with Crippen molar-refractivity contribution in [1.82, 2.24) is 10.3 Å². The van der Waals surface area contributed by atoms with Crippen LogP contribution >= 0.6 is 23.1 Å². The molecular formula is C18H18N2O4S2. The summed E-state index contributed by atoms with van der Waals surface area (Å²) < 4.78 is 10.3. The lowest BCUT2D eigenvalue weighted by Gasteiger charge is -2.04. The van der Waals surface area contributed by atoms with Gasteiger partial charge in [-0.1, -0.05) is 11.8 Å². The second-order valence-electron chi connectivity index (χ2n) is 5.38. The van der Waals surface area contributed by atoms with Crippen molar-refractivity contribution in [3.63, 3.8) is 0 Å². The normalized spacial score (nSPS) is 15.2. The van der Waals surface area contributed by atoms with Crippen LogP contribution in [0.2, 0.25) is 0 Å². The lowest BCUT2D eigenvalue weighted by Crippen LogP contribution is -2.13. The van der Waals surface area contributed by atoms with Crippen LogP contribution in [0.4, 0.5) is 0 Å². The highest BCUT2D eigenvalue weighted by molar-refractivity contribution is 8.04. The fourth-order valence-corrected chi connectivity index (χ4v) is 4.24. The maximum atomic E-state index is 12.0. The van der Waals surface area contributed by atoms with Crippen LogP contribution in [0.3, 0.4) is 0 Å². The molecule has 8 heteroatoms. The first kappa shape index (κ1) is 18.5. The second-order valence-corrected chi connectivity index (χ2v) is 7.51. The number of ether oxygens (including phenoxy) is 2. The first-order valence-corrected chi connectivity index (χ1v) is 9.83. The number of amides is 1. The van der Waals surface area contributed by atoms with Crippen molar-refractivity contribution in [3.8, 4) is 17.0 Å². The predicted octanol–water partition coefficient (Wildman–Crippen LogP) is 3.09. The van der Waals surface area contributed by atoms with E-state index in [4.69, 9.17) is 9.47 Å². The zero-order valence-electron chi connectivity index (χ0n) is 14.4. The van der Waals surface area contributed by atoms with E-state index < -0.39 is 0 Å².